The number of nitro groups is 1. The molecule has 10 heteroatoms. The number of pyridine rings is 1. The largest absolute Gasteiger partial charge is 0.434 e. The van der Waals surface area contributed by atoms with Crippen LogP contribution >= 0.6 is 0 Å². The molecule has 29 heavy (non-hydrogen) atoms. The van der Waals surface area contributed by atoms with Crippen LogP contribution in [0.2, 0.25) is 0 Å². The number of nitrogens with zero attached hydrogens (tertiary/aromatic N) is 5. The standard InChI is InChI=1S/C19H18F3N5O2/c20-19(21,22)17-13-26-12-16(4-5-18(26)23-17)25-8-6-24(7-9-25)11-14-2-1-3-15(10-14)27(28)29/h1-5,10,12-13H,6-9,11H2. The summed E-state index contributed by atoms with van der Waals surface area (Å²) in [5.41, 5.74) is 1.14. The zero-order valence-corrected chi connectivity index (χ0v) is 15.3. The number of imidazole rings is 1. The summed E-state index contributed by atoms with van der Waals surface area (Å²) in [6.07, 6.45) is -1.81. The number of anilines is 1. The molecule has 152 valence electrons. The first-order valence-corrected chi connectivity index (χ1v) is 9.06. The topological polar surface area (TPSA) is 66.9 Å². The van der Waals surface area contributed by atoms with Crippen LogP contribution in [-0.2, 0) is 12.7 Å². The number of alkyl halides is 3. The van der Waals surface area contributed by atoms with Crippen LogP contribution in [0.4, 0.5) is 24.5 Å². The van der Waals surface area contributed by atoms with Crippen molar-refractivity contribution in [3.05, 3.63) is 70.2 Å². The first kappa shape index (κ1) is 19.2. The fourth-order valence-corrected chi connectivity index (χ4v) is 3.49. The van der Waals surface area contributed by atoms with Gasteiger partial charge in [-0.05, 0) is 17.7 Å². The van der Waals surface area contributed by atoms with Gasteiger partial charge in [0, 0.05) is 57.3 Å². The Kier molecular flexibility index (Phi) is 4.87. The van der Waals surface area contributed by atoms with Gasteiger partial charge < -0.3 is 9.30 Å². The summed E-state index contributed by atoms with van der Waals surface area (Å²) in [6.45, 7) is 3.53. The quantitative estimate of drug-likeness (QED) is 0.490. The predicted octanol–water partition coefficient (Wildman–Crippen LogP) is 3.58. The van der Waals surface area contributed by atoms with E-state index in [9.17, 15) is 23.3 Å². The second kappa shape index (κ2) is 7.36. The Labute approximate surface area is 164 Å². The van der Waals surface area contributed by atoms with E-state index in [1.165, 1.54) is 10.5 Å². The molecule has 0 aliphatic carbocycles. The van der Waals surface area contributed by atoms with Crippen LogP contribution in [0.15, 0.2) is 48.8 Å². The molecule has 1 aliphatic rings. The molecule has 0 N–H and O–H groups in total. The first-order valence-electron chi connectivity index (χ1n) is 9.06. The molecule has 1 aliphatic heterocycles. The average Bonchev–Trinajstić information content (AvgIpc) is 3.13. The van der Waals surface area contributed by atoms with Crippen molar-refractivity contribution in [3.8, 4) is 0 Å². The highest BCUT2D eigenvalue weighted by Gasteiger charge is 2.34. The average molecular weight is 405 g/mol. The number of benzene rings is 1. The van der Waals surface area contributed by atoms with Crippen LogP contribution in [-0.4, -0.2) is 45.4 Å². The lowest BCUT2D eigenvalue weighted by Gasteiger charge is -2.36. The molecule has 2 aromatic heterocycles. The molecule has 4 rings (SSSR count). The maximum absolute atomic E-state index is 12.8. The van der Waals surface area contributed by atoms with E-state index in [2.05, 4.69) is 14.8 Å². The van der Waals surface area contributed by atoms with E-state index in [0.29, 0.717) is 19.6 Å². The van der Waals surface area contributed by atoms with Crippen LogP contribution in [0.5, 0.6) is 0 Å². The second-order valence-electron chi connectivity index (χ2n) is 6.97. The predicted molar refractivity (Wildman–Crippen MR) is 101 cm³/mol. The number of piperazine rings is 1. The third kappa shape index (κ3) is 4.16. The van der Waals surface area contributed by atoms with Crippen molar-refractivity contribution in [2.45, 2.75) is 12.7 Å². The Morgan fingerprint density at radius 3 is 2.52 bits per heavy atom. The van der Waals surface area contributed by atoms with Crippen LogP contribution in [0.25, 0.3) is 5.65 Å². The van der Waals surface area contributed by atoms with Gasteiger partial charge in [0.05, 0.1) is 10.6 Å². The molecule has 0 radical (unpaired) electrons. The zero-order valence-electron chi connectivity index (χ0n) is 15.3. The van der Waals surface area contributed by atoms with Crippen molar-refractivity contribution in [1.29, 1.82) is 0 Å². The lowest BCUT2D eigenvalue weighted by Crippen LogP contribution is -2.46. The fraction of sp³-hybridized carbons (Fsp3) is 0.316. The first-order chi connectivity index (χ1) is 13.8. The molecule has 0 saturated carbocycles. The summed E-state index contributed by atoms with van der Waals surface area (Å²) in [7, 11) is 0. The Balaban J connectivity index is 1.41. The lowest BCUT2D eigenvalue weighted by atomic mass is 10.1. The molecule has 0 atom stereocenters. The van der Waals surface area contributed by atoms with Gasteiger partial charge in [0.25, 0.3) is 5.69 Å². The van der Waals surface area contributed by atoms with Gasteiger partial charge in [0.2, 0.25) is 0 Å². The smallest absolute Gasteiger partial charge is 0.368 e. The van der Waals surface area contributed by atoms with Gasteiger partial charge in [-0.15, -0.1) is 0 Å². The summed E-state index contributed by atoms with van der Waals surface area (Å²) < 4.78 is 39.9. The molecule has 3 heterocycles. The van der Waals surface area contributed by atoms with Gasteiger partial charge >= 0.3 is 6.18 Å². The number of non-ortho nitro benzene ring substituents is 1. The number of aromatic nitrogens is 2. The van der Waals surface area contributed by atoms with Crippen molar-refractivity contribution in [1.82, 2.24) is 14.3 Å². The van der Waals surface area contributed by atoms with Crippen molar-refractivity contribution < 1.29 is 18.1 Å². The molecule has 1 saturated heterocycles. The second-order valence-corrected chi connectivity index (χ2v) is 6.97. The number of fused-ring (bicyclic) bond motifs is 1. The van der Waals surface area contributed by atoms with Gasteiger partial charge in [0.1, 0.15) is 5.65 Å². The minimum absolute atomic E-state index is 0.0768. The summed E-state index contributed by atoms with van der Waals surface area (Å²) in [4.78, 5) is 18.4. The Bertz CT molecular complexity index is 1040. The summed E-state index contributed by atoms with van der Waals surface area (Å²) in [6, 6.07) is 9.96. The minimum Gasteiger partial charge on any atom is -0.368 e. The monoisotopic (exact) mass is 405 g/mol. The van der Waals surface area contributed by atoms with Crippen LogP contribution in [0.1, 0.15) is 11.3 Å². The van der Waals surface area contributed by atoms with Crippen molar-refractivity contribution in [2.24, 2.45) is 0 Å². The number of rotatable bonds is 4. The number of hydrogen-bond donors (Lipinski definition) is 0. The van der Waals surface area contributed by atoms with E-state index in [-0.39, 0.29) is 11.3 Å². The third-order valence-electron chi connectivity index (χ3n) is 4.99. The van der Waals surface area contributed by atoms with E-state index in [4.69, 9.17) is 0 Å². The molecule has 0 amide bonds. The fourth-order valence-electron chi connectivity index (χ4n) is 3.49. The van der Waals surface area contributed by atoms with Gasteiger partial charge in [-0.3, -0.25) is 15.0 Å². The molecule has 0 bridgehead atoms. The van der Waals surface area contributed by atoms with Crippen molar-refractivity contribution in [3.63, 3.8) is 0 Å². The maximum atomic E-state index is 12.8. The molecular weight excluding hydrogens is 387 g/mol. The summed E-state index contributed by atoms with van der Waals surface area (Å²) in [5, 5.41) is 10.9. The normalized spacial score (nSPS) is 15.8. The van der Waals surface area contributed by atoms with Gasteiger partial charge in [-0.1, -0.05) is 12.1 Å². The Hall–Kier alpha value is -3.14. The van der Waals surface area contributed by atoms with E-state index in [0.717, 1.165) is 30.5 Å². The van der Waals surface area contributed by atoms with Gasteiger partial charge in [-0.2, -0.15) is 13.2 Å². The molecular formula is C19H18F3N5O2. The summed E-state index contributed by atoms with van der Waals surface area (Å²) in [5.74, 6) is 0. The van der Waals surface area contributed by atoms with E-state index in [1.54, 1.807) is 30.5 Å². The van der Waals surface area contributed by atoms with E-state index in [1.807, 2.05) is 6.07 Å². The number of halogens is 3. The molecule has 0 spiro atoms. The van der Waals surface area contributed by atoms with Gasteiger partial charge in [-0.25, -0.2) is 4.98 Å². The van der Waals surface area contributed by atoms with Crippen LogP contribution in [0.3, 0.4) is 0 Å². The van der Waals surface area contributed by atoms with Gasteiger partial charge in [0.15, 0.2) is 5.69 Å². The minimum atomic E-state index is -4.47. The zero-order chi connectivity index (χ0) is 20.6. The molecule has 1 fully saturated rings. The highest BCUT2D eigenvalue weighted by molar-refractivity contribution is 5.53. The molecule has 7 nitrogen and oxygen atoms in total. The van der Waals surface area contributed by atoms with Crippen molar-refractivity contribution in [2.75, 3.05) is 31.1 Å². The SMILES string of the molecule is O=[N+]([O-])c1cccc(CN2CCN(c3ccc4nc(C(F)(F)F)cn4c3)CC2)c1. The Morgan fingerprint density at radius 2 is 1.83 bits per heavy atom. The highest BCUT2D eigenvalue weighted by Crippen LogP contribution is 2.29. The molecule has 1 aromatic carbocycles. The lowest BCUT2D eigenvalue weighted by molar-refractivity contribution is -0.384. The number of nitro benzene ring substituents is 1. The molecule has 3 aromatic rings. The van der Waals surface area contributed by atoms with Crippen LogP contribution in [0, 0.1) is 10.1 Å². The van der Waals surface area contributed by atoms with Crippen LogP contribution < -0.4 is 4.90 Å². The Morgan fingerprint density at radius 1 is 1.07 bits per heavy atom. The molecule has 0 unspecified atom stereocenters. The third-order valence-corrected chi connectivity index (χ3v) is 4.99. The van der Waals surface area contributed by atoms with E-state index < -0.39 is 16.8 Å². The van der Waals surface area contributed by atoms with Crippen molar-refractivity contribution >= 4 is 17.0 Å². The summed E-state index contributed by atoms with van der Waals surface area (Å²) >= 11 is 0. The van der Waals surface area contributed by atoms with E-state index >= 15 is 0 Å². The highest BCUT2D eigenvalue weighted by atomic mass is 19.4. The number of hydrogen-bond acceptors (Lipinski definition) is 5. The maximum Gasteiger partial charge on any atom is 0.434 e.